The van der Waals surface area contributed by atoms with E-state index in [1.807, 2.05) is 91.9 Å². The van der Waals surface area contributed by atoms with Gasteiger partial charge in [0.2, 0.25) is 11.9 Å². The van der Waals surface area contributed by atoms with Crippen LogP contribution in [-0.2, 0) is 11.2 Å². The highest BCUT2D eigenvalue weighted by atomic mass is 16.1. The zero-order valence-electron chi connectivity index (χ0n) is 18.1. The van der Waals surface area contributed by atoms with Gasteiger partial charge >= 0.3 is 0 Å². The van der Waals surface area contributed by atoms with Crippen molar-refractivity contribution in [2.45, 2.75) is 20.3 Å². The molecule has 1 amide bonds. The highest BCUT2D eigenvalue weighted by Gasteiger charge is 2.06. The predicted octanol–water partition coefficient (Wildman–Crippen LogP) is 5.76. The number of anilines is 5. The summed E-state index contributed by atoms with van der Waals surface area (Å²) in [6, 6.07) is 27.2. The number of hydrogen-bond donors (Lipinski definition) is 3. The number of carbonyl (C=O) groups is 1. The zero-order chi connectivity index (χ0) is 22.3. The van der Waals surface area contributed by atoms with Crippen molar-refractivity contribution < 1.29 is 4.79 Å². The van der Waals surface area contributed by atoms with E-state index >= 15 is 0 Å². The molecule has 0 atom stereocenters. The fourth-order valence-corrected chi connectivity index (χ4v) is 3.23. The lowest BCUT2D eigenvalue weighted by molar-refractivity contribution is -0.115. The third-order valence-corrected chi connectivity index (χ3v) is 4.81. The molecule has 0 saturated carbocycles. The molecule has 6 nitrogen and oxygen atoms in total. The van der Waals surface area contributed by atoms with E-state index in [1.54, 1.807) is 0 Å². The molecule has 32 heavy (non-hydrogen) atoms. The van der Waals surface area contributed by atoms with Crippen LogP contribution in [0.5, 0.6) is 0 Å². The molecule has 0 aliphatic heterocycles. The molecule has 4 rings (SSSR count). The van der Waals surface area contributed by atoms with Crippen LogP contribution in [0.25, 0.3) is 0 Å². The van der Waals surface area contributed by atoms with E-state index in [9.17, 15) is 4.79 Å². The SMILES string of the molecule is Cc1ccc(Nc2nc(C)cc(Nc3ccc(NC(=O)Cc4ccccc4)cc3)n2)cc1. The molecule has 0 fully saturated rings. The molecule has 1 aromatic heterocycles. The summed E-state index contributed by atoms with van der Waals surface area (Å²) >= 11 is 0. The number of rotatable bonds is 7. The summed E-state index contributed by atoms with van der Waals surface area (Å²) in [5.41, 5.74) is 5.58. The molecule has 3 aromatic carbocycles. The molecule has 4 aromatic rings. The second-order valence-corrected chi connectivity index (χ2v) is 7.62. The number of aryl methyl sites for hydroxylation is 2. The van der Waals surface area contributed by atoms with Gasteiger partial charge in [-0.1, -0.05) is 48.0 Å². The van der Waals surface area contributed by atoms with Crippen molar-refractivity contribution >= 4 is 34.7 Å². The van der Waals surface area contributed by atoms with Gasteiger partial charge in [0.1, 0.15) is 5.82 Å². The molecule has 1 heterocycles. The van der Waals surface area contributed by atoms with Gasteiger partial charge in [-0.3, -0.25) is 4.79 Å². The van der Waals surface area contributed by atoms with Crippen LogP contribution >= 0.6 is 0 Å². The van der Waals surface area contributed by atoms with Gasteiger partial charge in [-0.15, -0.1) is 0 Å². The lowest BCUT2D eigenvalue weighted by Gasteiger charge is -2.11. The molecule has 0 unspecified atom stereocenters. The summed E-state index contributed by atoms with van der Waals surface area (Å²) < 4.78 is 0. The number of nitrogens with zero attached hydrogens (tertiary/aromatic N) is 2. The molecule has 0 bridgehead atoms. The average molecular weight is 424 g/mol. The van der Waals surface area contributed by atoms with Gasteiger partial charge in [0, 0.05) is 28.8 Å². The Bertz CT molecular complexity index is 1190. The number of hydrogen-bond acceptors (Lipinski definition) is 5. The average Bonchev–Trinajstić information content (AvgIpc) is 2.77. The van der Waals surface area contributed by atoms with Crippen molar-refractivity contribution in [2.75, 3.05) is 16.0 Å². The maximum absolute atomic E-state index is 12.3. The first-order chi connectivity index (χ1) is 15.5. The molecule has 0 aliphatic carbocycles. The lowest BCUT2D eigenvalue weighted by atomic mass is 10.1. The van der Waals surface area contributed by atoms with E-state index in [1.165, 1.54) is 5.56 Å². The first-order valence-electron chi connectivity index (χ1n) is 10.4. The second kappa shape index (κ2) is 9.75. The van der Waals surface area contributed by atoms with Crippen LogP contribution in [0.3, 0.4) is 0 Å². The number of carbonyl (C=O) groups excluding carboxylic acids is 1. The monoisotopic (exact) mass is 423 g/mol. The van der Waals surface area contributed by atoms with Crippen molar-refractivity contribution in [1.29, 1.82) is 0 Å². The van der Waals surface area contributed by atoms with Crippen molar-refractivity contribution in [3.8, 4) is 0 Å². The van der Waals surface area contributed by atoms with Gasteiger partial charge in [-0.25, -0.2) is 4.98 Å². The van der Waals surface area contributed by atoms with Crippen LogP contribution in [0.15, 0.2) is 84.9 Å². The Kier molecular flexibility index (Phi) is 6.41. The van der Waals surface area contributed by atoms with Crippen LogP contribution < -0.4 is 16.0 Å². The summed E-state index contributed by atoms with van der Waals surface area (Å²) in [6.07, 6.45) is 0.345. The van der Waals surface area contributed by atoms with Crippen LogP contribution in [-0.4, -0.2) is 15.9 Å². The highest BCUT2D eigenvalue weighted by Crippen LogP contribution is 2.21. The van der Waals surface area contributed by atoms with E-state index in [-0.39, 0.29) is 5.91 Å². The maximum Gasteiger partial charge on any atom is 0.229 e. The Morgan fingerprint density at radius 2 is 1.38 bits per heavy atom. The third-order valence-electron chi connectivity index (χ3n) is 4.81. The normalized spacial score (nSPS) is 10.4. The second-order valence-electron chi connectivity index (χ2n) is 7.62. The van der Waals surface area contributed by atoms with E-state index in [0.717, 1.165) is 28.3 Å². The Morgan fingerprint density at radius 1 is 0.750 bits per heavy atom. The fraction of sp³-hybridized carbons (Fsp3) is 0.115. The van der Waals surface area contributed by atoms with Gasteiger partial charge < -0.3 is 16.0 Å². The summed E-state index contributed by atoms with van der Waals surface area (Å²) in [5.74, 6) is 1.17. The summed E-state index contributed by atoms with van der Waals surface area (Å²) in [7, 11) is 0. The lowest BCUT2D eigenvalue weighted by Crippen LogP contribution is -2.14. The molecule has 0 saturated heterocycles. The topological polar surface area (TPSA) is 78.9 Å². The Labute approximate surface area is 187 Å². The highest BCUT2D eigenvalue weighted by molar-refractivity contribution is 5.92. The van der Waals surface area contributed by atoms with Crippen molar-refractivity contribution in [2.24, 2.45) is 0 Å². The number of nitrogens with one attached hydrogen (secondary N) is 3. The standard InChI is InChI=1S/C26H25N5O/c1-18-8-10-23(11-9-18)30-26-27-19(2)16-24(31-26)28-21-12-14-22(15-13-21)29-25(32)17-20-6-4-3-5-7-20/h3-16H,17H2,1-2H3,(H,29,32)(H2,27,28,30,31). The van der Waals surface area contributed by atoms with E-state index in [0.29, 0.717) is 18.2 Å². The minimum absolute atomic E-state index is 0.0462. The van der Waals surface area contributed by atoms with Crippen LogP contribution in [0.4, 0.5) is 28.8 Å². The molecule has 6 heteroatoms. The summed E-state index contributed by atoms with van der Waals surface area (Å²) in [4.78, 5) is 21.3. The first-order valence-corrected chi connectivity index (χ1v) is 10.4. The smallest absolute Gasteiger partial charge is 0.229 e. The van der Waals surface area contributed by atoms with Crippen molar-refractivity contribution in [3.05, 3.63) is 102 Å². The van der Waals surface area contributed by atoms with Gasteiger partial charge in [0.05, 0.1) is 6.42 Å². The van der Waals surface area contributed by atoms with Crippen LogP contribution in [0.2, 0.25) is 0 Å². The minimum atomic E-state index is -0.0462. The van der Waals surface area contributed by atoms with E-state index < -0.39 is 0 Å². The van der Waals surface area contributed by atoms with Gasteiger partial charge in [-0.2, -0.15) is 4.98 Å². The summed E-state index contributed by atoms with van der Waals surface area (Å²) in [6.45, 7) is 3.98. The summed E-state index contributed by atoms with van der Waals surface area (Å²) in [5, 5.41) is 9.46. The molecular formula is C26H25N5O. The first kappa shape index (κ1) is 21.1. The van der Waals surface area contributed by atoms with Crippen molar-refractivity contribution in [3.63, 3.8) is 0 Å². The molecule has 0 radical (unpaired) electrons. The molecule has 3 N–H and O–H groups in total. The van der Waals surface area contributed by atoms with Gasteiger partial charge in [0.25, 0.3) is 0 Å². The third kappa shape index (κ3) is 5.92. The molecule has 0 spiro atoms. The minimum Gasteiger partial charge on any atom is -0.340 e. The number of aromatic nitrogens is 2. The quantitative estimate of drug-likeness (QED) is 0.352. The molecular weight excluding hydrogens is 398 g/mol. The zero-order valence-corrected chi connectivity index (χ0v) is 18.1. The Morgan fingerprint density at radius 3 is 2.09 bits per heavy atom. The van der Waals surface area contributed by atoms with Crippen molar-refractivity contribution in [1.82, 2.24) is 9.97 Å². The molecule has 0 aliphatic rings. The van der Waals surface area contributed by atoms with E-state index in [4.69, 9.17) is 0 Å². The largest absolute Gasteiger partial charge is 0.340 e. The number of amides is 1. The predicted molar refractivity (Wildman–Crippen MR) is 130 cm³/mol. The number of benzene rings is 3. The van der Waals surface area contributed by atoms with E-state index in [2.05, 4.69) is 32.8 Å². The van der Waals surface area contributed by atoms with Gasteiger partial charge in [0.15, 0.2) is 0 Å². The molecule has 160 valence electrons. The fourth-order valence-electron chi connectivity index (χ4n) is 3.23. The van der Waals surface area contributed by atoms with Crippen LogP contribution in [0.1, 0.15) is 16.8 Å². The Hall–Kier alpha value is -4.19. The maximum atomic E-state index is 12.3. The van der Waals surface area contributed by atoms with Gasteiger partial charge in [-0.05, 0) is 55.8 Å². The Balaban J connectivity index is 1.39. The van der Waals surface area contributed by atoms with Crippen LogP contribution in [0, 0.1) is 13.8 Å².